The number of nitrogens with one attached hydrogen (secondary N) is 1. The molecular formula is C61H45N3. The van der Waals surface area contributed by atoms with Crippen LogP contribution in [0.5, 0.6) is 0 Å². The largest absolute Gasteiger partial charge is 0.355 e. The Hall–Kier alpha value is -8.40. The molecule has 11 rings (SSSR count). The molecule has 1 N–H and O–H groups in total. The number of aryl methyl sites for hydroxylation is 1. The summed E-state index contributed by atoms with van der Waals surface area (Å²) in [5.41, 5.74) is 19.7. The van der Waals surface area contributed by atoms with Gasteiger partial charge in [0.2, 0.25) is 0 Å². The predicted octanol–water partition coefficient (Wildman–Crippen LogP) is 17.0. The number of aromatic nitrogens is 1. The second-order valence-electron chi connectivity index (χ2n) is 16.3. The molecule has 0 atom stereocenters. The van der Waals surface area contributed by atoms with Gasteiger partial charge < -0.3 is 14.8 Å². The minimum Gasteiger partial charge on any atom is -0.355 e. The molecule has 0 fully saturated rings. The van der Waals surface area contributed by atoms with E-state index in [4.69, 9.17) is 0 Å². The van der Waals surface area contributed by atoms with Crippen molar-refractivity contribution in [3.8, 4) is 50.2 Å². The molecule has 1 aromatic heterocycles. The van der Waals surface area contributed by atoms with Crippen LogP contribution in [-0.4, -0.2) is 4.57 Å². The Morgan fingerprint density at radius 3 is 1.53 bits per heavy atom. The number of hydrogen-bond acceptors (Lipinski definition) is 2. The standard InChI is InChI=1S/C61H45N3/c1-43-55(40-41-60-61(43)57-25-12-14-27-59(57)64(60)51-21-9-4-10-22-51)56-24-11-13-26-58(56)62-50-34-28-48(29-35-50)49-20-15-23-54(42-49)63(52-36-30-46(31-37-52)44-16-5-2-6-17-44)53-38-32-47(33-39-53)45-18-7-3-8-19-45/h2-42,62H,1H3. The molecule has 0 bridgehead atoms. The summed E-state index contributed by atoms with van der Waals surface area (Å²) in [6, 6.07) is 89.1. The number of anilines is 5. The SMILES string of the molecule is Cc1c(-c2ccccc2Nc2ccc(-c3cccc(N(c4ccc(-c5ccccc5)cc4)c4ccc(-c5ccccc5)cc4)c3)cc2)ccc2c1c1ccccc1n2-c1ccccc1. The van der Waals surface area contributed by atoms with Crippen molar-refractivity contribution >= 4 is 50.2 Å². The molecule has 3 heteroatoms. The third-order valence-corrected chi connectivity index (χ3v) is 12.4. The molecule has 10 aromatic carbocycles. The minimum absolute atomic E-state index is 1.03. The second-order valence-corrected chi connectivity index (χ2v) is 16.3. The Morgan fingerprint density at radius 1 is 0.359 bits per heavy atom. The Balaban J connectivity index is 0.905. The van der Waals surface area contributed by atoms with Gasteiger partial charge in [-0.2, -0.15) is 0 Å². The molecule has 0 amide bonds. The quantitative estimate of drug-likeness (QED) is 0.148. The molecule has 3 nitrogen and oxygen atoms in total. The Morgan fingerprint density at radius 2 is 0.875 bits per heavy atom. The molecule has 0 saturated heterocycles. The smallest absolute Gasteiger partial charge is 0.0544 e. The molecule has 64 heavy (non-hydrogen) atoms. The Labute approximate surface area is 374 Å². The van der Waals surface area contributed by atoms with E-state index < -0.39 is 0 Å². The van der Waals surface area contributed by atoms with Crippen LogP contribution in [0.1, 0.15) is 5.56 Å². The fourth-order valence-corrected chi connectivity index (χ4v) is 9.25. The lowest BCUT2D eigenvalue weighted by Crippen LogP contribution is -2.10. The molecular weight excluding hydrogens is 775 g/mol. The van der Waals surface area contributed by atoms with Gasteiger partial charge in [-0.05, 0) is 130 Å². The minimum atomic E-state index is 1.03. The van der Waals surface area contributed by atoms with E-state index in [1.54, 1.807) is 0 Å². The maximum Gasteiger partial charge on any atom is 0.0544 e. The molecule has 0 spiro atoms. The van der Waals surface area contributed by atoms with Crippen LogP contribution < -0.4 is 10.2 Å². The van der Waals surface area contributed by atoms with Crippen LogP contribution in [0.2, 0.25) is 0 Å². The first-order valence-electron chi connectivity index (χ1n) is 21.9. The van der Waals surface area contributed by atoms with Crippen LogP contribution in [-0.2, 0) is 0 Å². The van der Waals surface area contributed by atoms with Crippen LogP contribution in [0.15, 0.2) is 249 Å². The van der Waals surface area contributed by atoms with E-state index in [1.807, 2.05) is 0 Å². The van der Waals surface area contributed by atoms with Gasteiger partial charge in [0.15, 0.2) is 0 Å². The first-order chi connectivity index (χ1) is 31.7. The number of hydrogen-bond donors (Lipinski definition) is 1. The van der Waals surface area contributed by atoms with Crippen molar-refractivity contribution in [2.45, 2.75) is 6.92 Å². The number of benzene rings is 10. The lowest BCUT2D eigenvalue weighted by molar-refractivity contribution is 1.18. The van der Waals surface area contributed by atoms with Crippen molar-refractivity contribution in [2.75, 3.05) is 10.2 Å². The van der Waals surface area contributed by atoms with Gasteiger partial charge in [0, 0.05) is 50.5 Å². The van der Waals surface area contributed by atoms with Gasteiger partial charge in [0.1, 0.15) is 0 Å². The zero-order valence-electron chi connectivity index (χ0n) is 35.6. The molecule has 0 saturated carbocycles. The molecule has 304 valence electrons. The Kier molecular flexibility index (Phi) is 10.1. The fourth-order valence-electron chi connectivity index (χ4n) is 9.25. The molecule has 0 aliphatic rings. The summed E-state index contributed by atoms with van der Waals surface area (Å²) in [6.07, 6.45) is 0. The summed E-state index contributed by atoms with van der Waals surface area (Å²) >= 11 is 0. The third-order valence-electron chi connectivity index (χ3n) is 12.4. The van der Waals surface area contributed by atoms with Gasteiger partial charge >= 0.3 is 0 Å². The van der Waals surface area contributed by atoms with Crippen LogP contribution in [0.4, 0.5) is 28.4 Å². The van der Waals surface area contributed by atoms with Crippen LogP contribution in [0, 0.1) is 6.92 Å². The summed E-state index contributed by atoms with van der Waals surface area (Å²) in [4.78, 5) is 2.35. The highest BCUT2D eigenvalue weighted by atomic mass is 15.1. The third kappa shape index (κ3) is 7.29. The van der Waals surface area contributed by atoms with Crippen LogP contribution in [0.3, 0.4) is 0 Å². The van der Waals surface area contributed by atoms with Gasteiger partial charge in [-0.1, -0.05) is 170 Å². The number of nitrogens with zero attached hydrogens (tertiary/aromatic N) is 2. The van der Waals surface area contributed by atoms with E-state index >= 15 is 0 Å². The summed E-state index contributed by atoms with van der Waals surface area (Å²) in [5, 5.41) is 6.33. The van der Waals surface area contributed by atoms with Crippen molar-refractivity contribution in [3.63, 3.8) is 0 Å². The van der Waals surface area contributed by atoms with Crippen LogP contribution in [0.25, 0.3) is 72.0 Å². The van der Waals surface area contributed by atoms with E-state index in [0.717, 1.165) is 45.3 Å². The van der Waals surface area contributed by atoms with Crippen molar-refractivity contribution < 1.29 is 0 Å². The first kappa shape index (κ1) is 38.5. The van der Waals surface area contributed by atoms with E-state index in [-0.39, 0.29) is 0 Å². The van der Waals surface area contributed by atoms with Gasteiger partial charge in [0.05, 0.1) is 11.0 Å². The molecule has 0 aliphatic heterocycles. The highest BCUT2D eigenvalue weighted by molar-refractivity contribution is 6.13. The molecule has 1 heterocycles. The van der Waals surface area contributed by atoms with Crippen molar-refractivity contribution in [3.05, 3.63) is 254 Å². The number of para-hydroxylation sites is 3. The fraction of sp³-hybridized carbons (Fsp3) is 0.0164. The lowest BCUT2D eigenvalue weighted by Gasteiger charge is -2.26. The second kappa shape index (κ2) is 16.8. The highest BCUT2D eigenvalue weighted by Gasteiger charge is 2.18. The topological polar surface area (TPSA) is 20.2 Å². The molecule has 11 aromatic rings. The predicted molar refractivity (Wildman–Crippen MR) is 272 cm³/mol. The summed E-state index contributed by atoms with van der Waals surface area (Å²) < 4.78 is 2.38. The molecule has 0 aliphatic carbocycles. The zero-order chi connectivity index (χ0) is 42.8. The average Bonchev–Trinajstić information content (AvgIpc) is 3.71. The zero-order valence-corrected chi connectivity index (χ0v) is 35.6. The maximum atomic E-state index is 3.78. The van der Waals surface area contributed by atoms with Crippen molar-refractivity contribution in [1.29, 1.82) is 0 Å². The maximum absolute atomic E-state index is 3.78. The van der Waals surface area contributed by atoms with Crippen molar-refractivity contribution in [1.82, 2.24) is 4.57 Å². The first-order valence-corrected chi connectivity index (χ1v) is 21.9. The summed E-state index contributed by atoms with van der Waals surface area (Å²) in [5.74, 6) is 0. The van der Waals surface area contributed by atoms with Gasteiger partial charge in [-0.3, -0.25) is 0 Å². The van der Waals surface area contributed by atoms with Crippen LogP contribution >= 0.6 is 0 Å². The lowest BCUT2D eigenvalue weighted by atomic mass is 9.95. The Bertz CT molecular complexity index is 3290. The summed E-state index contributed by atoms with van der Waals surface area (Å²) in [6.45, 7) is 2.26. The van der Waals surface area contributed by atoms with Gasteiger partial charge in [-0.15, -0.1) is 0 Å². The summed E-state index contributed by atoms with van der Waals surface area (Å²) in [7, 11) is 0. The van der Waals surface area contributed by atoms with E-state index in [0.29, 0.717) is 0 Å². The number of fused-ring (bicyclic) bond motifs is 3. The van der Waals surface area contributed by atoms with Gasteiger partial charge in [-0.25, -0.2) is 0 Å². The van der Waals surface area contributed by atoms with E-state index in [2.05, 4.69) is 270 Å². The van der Waals surface area contributed by atoms with E-state index in [1.165, 1.54) is 60.8 Å². The van der Waals surface area contributed by atoms with Gasteiger partial charge in [0.25, 0.3) is 0 Å². The molecule has 0 radical (unpaired) electrons. The average molecular weight is 820 g/mol. The molecule has 0 unspecified atom stereocenters. The normalized spacial score (nSPS) is 11.2. The van der Waals surface area contributed by atoms with Crippen molar-refractivity contribution in [2.24, 2.45) is 0 Å². The number of rotatable bonds is 10. The monoisotopic (exact) mass is 819 g/mol. The highest BCUT2D eigenvalue weighted by Crippen LogP contribution is 2.42. The van der Waals surface area contributed by atoms with E-state index in [9.17, 15) is 0 Å².